The van der Waals surface area contributed by atoms with E-state index in [-0.39, 0.29) is 5.41 Å². The first-order valence-corrected chi connectivity index (χ1v) is 8.42. The van der Waals surface area contributed by atoms with Crippen LogP contribution in [0.1, 0.15) is 61.5 Å². The average Bonchev–Trinajstić information content (AvgIpc) is 2.88. The first kappa shape index (κ1) is 16.2. The van der Waals surface area contributed by atoms with Gasteiger partial charge in [-0.15, -0.1) is 11.3 Å². The highest BCUT2D eigenvalue weighted by Crippen LogP contribution is 2.26. The quantitative estimate of drug-likeness (QED) is 0.853. The van der Waals surface area contributed by atoms with Gasteiger partial charge in [0, 0.05) is 29.6 Å². The highest BCUT2D eigenvalue weighted by atomic mass is 32.1. The molecule has 1 aromatic heterocycles. The first-order valence-electron chi connectivity index (χ1n) is 7.61. The van der Waals surface area contributed by atoms with Gasteiger partial charge in [-0.05, 0) is 17.0 Å². The molecule has 1 aromatic carbocycles. The Balaban J connectivity index is 1.85. The minimum absolute atomic E-state index is 0.148. The van der Waals surface area contributed by atoms with E-state index in [2.05, 4.69) is 69.2 Å². The van der Waals surface area contributed by atoms with Crippen LogP contribution < -0.4 is 5.32 Å². The van der Waals surface area contributed by atoms with Crippen LogP contribution in [0.3, 0.4) is 0 Å². The van der Waals surface area contributed by atoms with Crippen LogP contribution in [0.5, 0.6) is 0 Å². The van der Waals surface area contributed by atoms with E-state index in [9.17, 15) is 0 Å². The summed E-state index contributed by atoms with van der Waals surface area (Å²) in [4.78, 5) is 5.83. The highest BCUT2D eigenvalue weighted by molar-refractivity contribution is 7.11. The van der Waals surface area contributed by atoms with Crippen molar-refractivity contribution < 1.29 is 0 Å². The molecule has 0 saturated carbocycles. The summed E-state index contributed by atoms with van der Waals surface area (Å²) in [7, 11) is 0. The molecule has 0 amide bonds. The molecular weight excluding hydrogens is 276 g/mol. The molecule has 0 aliphatic heterocycles. The molecular formula is C18H26N2S. The Morgan fingerprint density at radius 3 is 2.29 bits per heavy atom. The Kier molecular flexibility index (Phi) is 5.17. The van der Waals surface area contributed by atoms with Crippen LogP contribution in [0.2, 0.25) is 0 Å². The van der Waals surface area contributed by atoms with Crippen LogP contribution >= 0.6 is 11.3 Å². The highest BCUT2D eigenvalue weighted by Gasteiger charge is 2.17. The Bertz CT molecular complexity index is 562. The molecule has 0 fully saturated rings. The fraction of sp³-hybridized carbons (Fsp3) is 0.500. The number of hydrogen-bond acceptors (Lipinski definition) is 3. The van der Waals surface area contributed by atoms with Gasteiger partial charge in [0.25, 0.3) is 0 Å². The molecule has 1 N–H and O–H groups in total. The number of rotatable bonds is 5. The number of benzene rings is 1. The van der Waals surface area contributed by atoms with Crippen molar-refractivity contribution >= 4 is 11.3 Å². The van der Waals surface area contributed by atoms with E-state index in [1.807, 2.05) is 17.5 Å². The molecule has 0 unspecified atom stereocenters. The largest absolute Gasteiger partial charge is 0.308 e. The monoisotopic (exact) mass is 302 g/mol. The molecule has 114 valence electrons. The number of hydrogen-bond donors (Lipinski definition) is 1. The van der Waals surface area contributed by atoms with E-state index in [1.165, 1.54) is 21.0 Å². The van der Waals surface area contributed by atoms with Gasteiger partial charge in [0.05, 0.1) is 5.01 Å². The average molecular weight is 302 g/mol. The third-order valence-corrected chi connectivity index (χ3v) is 4.89. The summed E-state index contributed by atoms with van der Waals surface area (Å²) in [5, 5.41) is 4.71. The lowest BCUT2D eigenvalue weighted by Crippen LogP contribution is -2.12. The first-order chi connectivity index (χ1) is 9.86. The van der Waals surface area contributed by atoms with Crippen molar-refractivity contribution in [3.05, 3.63) is 51.5 Å². The topological polar surface area (TPSA) is 24.9 Å². The van der Waals surface area contributed by atoms with Gasteiger partial charge in [-0.25, -0.2) is 4.98 Å². The van der Waals surface area contributed by atoms with Crippen molar-refractivity contribution in [3.63, 3.8) is 0 Å². The fourth-order valence-electron chi connectivity index (χ4n) is 2.09. The maximum atomic E-state index is 4.52. The van der Waals surface area contributed by atoms with Gasteiger partial charge in [-0.2, -0.15) is 0 Å². The smallest absolute Gasteiger partial charge is 0.0981 e. The Morgan fingerprint density at radius 2 is 1.76 bits per heavy atom. The summed E-state index contributed by atoms with van der Waals surface area (Å²) in [6, 6.07) is 8.89. The van der Waals surface area contributed by atoms with E-state index in [4.69, 9.17) is 0 Å². The van der Waals surface area contributed by atoms with E-state index in [1.54, 1.807) is 0 Å². The minimum atomic E-state index is 0.148. The lowest BCUT2D eigenvalue weighted by Gasteiger charge is -2.13. The van der Waals surface area contributed by atoms with E-state index >= 15 is 0 Å². The fourth-order valence-corrected chi connectivity index (χ4v) is 3.03. The zero-order valence-corrected chi connectivity index (χ0v) is 14.6. The summed E-state index contributed by atoms with van der Waals surface area (Å²) < 4.78 is 0. The molecule has 1 heterocycles. The molecule has 0 radical (unpaired) electrons. The number of aromatic nitrogens is 1. The zero-order valence-electron chi connectivity index (χ0n) is 13.7. The number of nitrogens with zero attached hydrogens (tertiary/aromatic N) is 1. The van der Waals surface area contributed by atoms with Crippen LogP contribution in [0.4, 0.5) is 0 Å². The Morgan fingerprint density at radius 1 is 1.10 bits per heavy atom. The Hall–Kier alpha value is -1.19. The van der Waals surface area contributed by atoms with Crippen molar-refractivity contribution in [2.75, 3.05) is 0 Å². The molecule has 0 saturated heterocycles. The SMILES string of the molecule is CC(C)c1ccc(CNCc2cnc(C(C)(C)C)s2)cc1. The Labute approximate surface area is 132 Å². The van der Waals surface area contributed by atoms with Gasteiger partial charge < -0.3 is 5.32 Å². The summed E-state index contributed by atoms with van der Waals surface area (Å²) in [5.41, 5.74) is 2.88. The van der Waals surface area contributed by atoms with Gasteiger partial charge in [-0.3, -0.25) is 0 Å². The van der Waals surface area contributed by atoms with Crippen LogP contribution in [0.25, 0.3) is 0 Å². The van der Waals surface area contributed by atoms with Crippen LogP contribution in [0, 0.1) is 0 Å². The molecule has 0 bridgehead atoms. The standard InChI is InChI=1S/C18H26N2S/c1-13(2)15-8-6-14(7-9-15)10-19-11-16-12-20-17(21-16)18(3,4)5/h6-9,12-13,19H,10-11H2,1-5H3. The van der Waals surface area contributed by atoms with Gasteiger partial charge in [0.1, 0.15) is 0 Å². The van der Waals surface area contributed by atoms with Crippen LogP contribution in [-0.2, 0) is 18.5 Å². The van der Waals surface area contributed by atoms with Crippen molar-refractivity contribution in [3.8, 4) is 0 Å². The minimum Gasteiger partial charge on any atom is -0.308 e. The molecule has 2 rings (SSSR count). The van der Waals surface area contributed by atoms with E-state index < -0.39 is 0 Å². The second kappa shape index (κ2) is 6.71. The molecule has 21 heavy (non-hydrogen) atoms. The number of thiazole rings is 1. The van der Waals surface area contributed by atoms with Crippen LogP contribution in [0.15, 0.2) is 30.5 Å². The zero-order chi connectivity index (χ0) is 15.5. The molecule has 0 atom stereocenters. The second-order valence-electron chi connectivity index (χ2n) is 6.88. The molecule has 0 aliphatic carbocycles. The van der Waals surface area contributed by atoms with Gasteiger partial charge in [0.2, 0.25) is 0 Å². The lowest BCUT2D eigenvalue weighted by molar-refractivity contribution is 0.585. The van der Waals surface area contributed by atoms with Gasteiger partial charge >= 0.3 is 0 Å². The lowest BCUT2D eigenvalue weighted by atomic mass is 9.98. The number of nitrogens with one attached hydrogen (secondary N) is 1. The van der Waals surface area contributed by atoms with Gasteiger partial charge in [0.15, 0.2) is 0 Å². The van der Waals surface area contributed by atoms with Crippen molar-refractivity contribution in [2.24, 2.45) is 0 Å². The summed E-state index contributed by atoms with van der Waals surface area (Å²) in [6.45, 7) is 12.9. The van der Waals surface area contributed by atoms with E-state index in [0.29, 0.717) is 5.92 Å². The molecule has 0 spiro atoms. The molecule has 2 nitrogen and oxygen atoms in total. The second-order valence-corrected chi connectivity index (χ2v) is 8.00. The van der Waals surface area contributed by atoms with E-state index in [0.717, 1.165) is 13.1 Å². The maximum absolute atomic E-state index is 4.52. The predicted octanol–water partition coefficient (Wildman–Crippen LogP) is 4.85. The van der Waals surface area contributed by atoms with Crippen molar-refractivity contribution in [1.82, 2.24) is 10.3 Å². The maximum Gasteiger partial charge on any atom is 0.0981 e. The third-order valence-electron chi connectivity index (χ3n) is 3.47. The molecule has 2 aromatic rings. The van der Waals surface area contributed by atoms with Crippen LogP contribution in [-0.4, -0.2) is 4.98 Å². The molecule has 3 heteroatoms. The molecule has 0 aliphatic rings. The normalized spacial score (nSPS) is 12.1. The predicted molar refractivity (Wildman–Crippen MR) is 91.9 cm³/mol. The van der Waals surface area contributed by atoms with Crippen molar-refractivity contribution in [1.29, 1.82) is 0 Å². The van der Waals surface area contributed by atoms with Crippen molar-refractivity contribution in [2.45, 2.75) is 59.0 Å². The van der Waals surface area contributed by atoms with Gasteiger partial charge in [-0.1, -0.05) is 58.9 Å². The summed E-state index contributed by atoms with van der Waals surface area (Å²) >= 11 is 1.81. The summed E-state index contributed by atoms with van der Waals surface area (Å²) in [5.74, 6) is 0.597. The summed E-state index contributed by atoms with van der Waals surface area (Å²) in [6.07, 6.45) is 2.00. The third kappa shape index (κ3) is 4.65.